The summed E-state index contributed by atoms with van der Waals surface area (Å²) in [5, 5.41) is 2.75. The number of carbonyl (C=O) groups excluding carboxylic acids is 1. The zero-order valence-corrected chi connectivity index (χ0v) is 16.6. The summed E-state index contributed by atoms with van der Waals surface area (Å²) >= 11 is 1.12. The Morgan fingerprint density at radius 3 is 2.56 bits per heavy atom. The van der Waals surface area contributed by atoms with Gasteiger partial charge in [0.1, 0.15) is 0 Å². The smallest absolute Gasteiger partial charge is 0.308 e. The van der Waals surface area contributed by atoms with Gasteiger partial charge in [0, 0.05) is 17.3 Å². The van der Waals surface area contributed by atoms with Crippen LogP contribution in [-0.2, 0) is 10.0 Å². The minimum absolute atomic E-state index is 0.0142. The number of sulfonamides is 1. The second-order valence-corrected chi connectivity index (χ2v) is 9.08. The fourth-order valence-corrected chi connectivity index (χ4v) is 4.56. The number of hydrogen-bond acceptors (Lipinski definition) is 5. The van der Waals surface area contributed by atoms with Crippen LogP contribution in [0.2, 0.25) is 0 Å². The van der Waals surface area contributed by atoms with Gasteiger partial charge in [-0.3, -0.25) is 14.2 Å². The van der Waals surface area contributed by atoms with E-state index in [0.717, 1.165) is 21.6 Å². The highest BCUT2D eigenvalue weighted by atomic mass is 32.2. The molecule has 3 rings (SSSR count). The molecule has 3 aromatic rings. The highest BCUT2D eigenvalue weighted by Crippen LogP contribution is 2.24. The molecule has 0 aliphatic heterocycles. The van der Waals surface area contributed by atoms with Crippen LogP contribution in [0.3, 0.4) is 0 Å². The molecule has 0 fully saturated rings. The summed E-state index contributed by atoms with van der Waals surface area (Å²) in [6, 6.07) is 11.1. The number of thiazole rings is 1. The van der Waals surface area contributed by atoms with Gasteiger partial charge < -0.3 is 5.32 Å². The van der Waals surface area contributed by atoms with Gasteiger partial charge in [0.25, 0.3) is 5.91 Å². The summed E-state index contributed by atoms with van der Waals surface area (Å²) in [4.78, 5) is 24.6. The summed E-state index contributed by atoms with van der Waals surface area (Å²) in [7, 11) is -2.32. The average molecular weight is 406 g/mol. The predicted molar refractivity (Wildman–Crippen MR) is 107 cm³/mol. The lowest BCUT2D eigenvalue weighted by molar-refractivity contribution is 0.102. The molecule has 0 saturated carbocycles. The minimum Gasteiger partial charge on any atom is -0.322 e. The number of hydrogen-bond donors (Lipinski definition) is 2. The number of carbonyl (C=O) groups is 1. The Morgan fingerprint density at radius 2 is 1.89 bits per heavy atom. The molecule has 0 aliphatic rings. The van der Waals surface area contributed by atoms with E-state index in [0.29, 0.717) is 5.69 Å². The monoisotopic (exact) mass is 405 g/mol. The zero-order chi connectivity index (χ0) is 19.8. The molecule has 142 valence electrons. The molecular weight excluding hydrogens is 386 g/mol. The second-order valence-electron chi connectivity index (χ2n) is 6.20. The first kappa shape index (κ1) is 19.3. The summed E-state index contributed by atoms with van der Waals surface area (Å²) in [6.07, 6.45) is 0. The van der Waals surface area contributed by atoms with Gasteiger partial charge in [-0.05, 0) is 57.3 Å². The molecule has 0 saturated heterocycles. The Balaban J connectivity index is 1.91. The largest absolute Gasteiger partial charge is 0.322 e. The zero-order valence-electron chi connectivity index (χ0n) is 15.0. The van der Waals surface area contributed by atoms with Crippen LogP contribution in [-0.4, -0.2) is 25.9 Å². The topological polar surface area (TPSA) is 97.3 Å². The molecule has 0 aliphatic carbocycles. The molecular formula is C18H19N3O4S2. The van der Waals surface area contributed by atoms with Gasteiger partial charge in [-0.15, -0.1) is 0 Å². The third-order valence-corrected chi connectivity index (χ3v) is 6.39. The van der Waals surface area contributed by atoms with Gasteiger partial charge in [0.05, 0.1) is 15.1 Å². The molecule has 7 nitrogen and oxygen atoms in total. The van der Waals surface area contributed by atoms with Crippen LogP contribution in [0.1, 0.15) is 30.2 Å². The standard InChI is InChI=1S/C18H19N3O4S2/c1-11(2)21-15-8-7-13(10-16(15)26-18(21)23)20-17(22)12-5-4-6-14(9-12)27(24,25)19-3/h4-11,19H,1-3H3,(H,20,22). The van der Waals surface area contributed by atoms with Crippen molar-refractivity contribution in [2.24, 2.45) is 0 Å². The molecule has 0 radical (unpaired) electrons. The lowest BCUT2D eigenvalue weighted by Crippen LogP contribution is -2.19. The first-order chi connectivity index (χ1) is 12.7. The van der Waals surface area contributed by atoms with E-state index in [1.54, 1.807) is 22.8 Å². The van der Waals surface area contributed by atoms with E-state index in [1.165, 1.54) is 31.3 Å². The number of nitrogens with zero attached hydrogens (tertiary/aromatic N) is 1. The molecule has 2 N–H and O–H groups in total. The van der Waals surface area contributed by atoms with Crippen LogP contribution in [0.25, 0.3) is 10.2 Å². The summed E-state index contributed by atoms with van der Waals surface area (Å²) in [6.45, 7) is 3.88. The van der Waals surface area contributed by atoms with E-state index in [9.17, 15) is 18.0 Å². The van der Waals surface area contributed by atoms with Crippen LogP contribution >= 0.6 is 11.3 Å². The number of rotatable bonds is 5. The highest BCUT2D eigenvalue weighted by Gasteiger charge is 2.15. The maximum atomic E-state index is 12.5. The van der Waals surface area contributed by atoms with Gasteiger partial charge in [-0.25, -0.2) is 13.1 Å². The van der Waals surface area contributed by atoms with Crippen molar-refractivity contribution < 1.29 is 13.2 Å². The van der Waals surface area contributed by atoms with Crippen LogP contribution in [0.4, 0.5) is 5.69 Å². The van der Waals surface area contributed by atoms with Crippen molar-refractivity contribution >= 4 is 43.2 Å². The molecule has 0 atom stereocenters. The van der Waals surface area contributed by atoms with Crippen LogP contribution in [0.15, 0.2) is 52.2 Å². The number of fused-ring (bicyclic) bond motifs is 1. The van der Waals surface area contributed by atoms with E-state index in [2.05, 4.69) is 10.0 Å². The fraction of sp³-hybridized carbons (Fsp3) is 0.222. The van der Waals surface area contributed by atoms with Crippen molar-refractivity contribution in [2.75, 3.05) is 12.4 Å². The number of benzene rings is 2. The molecule has 1 amide bonds. The third-order valence-electron chi connectivity index (χ3n) is 4.06. The van der Waals surface area contributed by atoms with Crippen LogP contribution < -0.4 is 14.9 Å². The lowest BCUT2D eigenvalue weighted by atomic mass is 10.2. The lowest BCUT2D eigenvalue weighted by Gasteiger charge is -2.09. The number of nitrogens with one attached hydrogen (secondary N) is 2. The summed E-state index contributed by atoms with van der Waals surface area (Å²) < 4.78 is 28.5. The van der Waals surface area contributed by atoms with Crippen molar-refractivity contribution in [3.8, 4) is 0 Å². The number of amides is 1. The van der Waals surface area contributed by atoms with E-state index in [4.69, 9.17) is 0 Å². The molecule has 1 aromatic heterocycles. The maximum Gasteiger partial charge on any atom is 0.308 e. The first-order valence-corrected chi connectivity index (χ1v) is 10.5. The third kappa shape index (κ3) is 3.80. The van der Waals surface area contributed by atoms with Gasteiger partial charge in [-0.2, -0.15) is 0 Å². The van der Waals surface area contributed by atoms with E-state index in [1.807, 2.05) is 13.8 Å². The van der Waals surface area contributed by atoms with Crippen molar-refractivity contribution in [2.45, 2.75) is 24.8 Å². The highest BCUT2D eigenvalue weighted by molar-refractivity contribution is 7.89. The van der Waals surface area contributed by atoms with Crippen molar-refractivity contribution in [3.63, 3.8) is 0 Å². The van der Waals surface area contributed by atoms with Gasteiger partial charge in [0.15, 0.2) is 0 Å². The van der Waals surface area contributed by atoms with Crippen molar-refractivity contribution in [1.29, 1.82) is 0 Å². The average Bonchev–Trinajstić information content (AvgIpc) is 2.96. The normalized spacial score (nSPS) is 11.9. The quantitative estimate of drug-likeness (QED) is 0.682. The molecule has 9 heteroatoms. The van der Waals surface area contributed by atoms with Gasteiger partial charge >= 0.3 is 4.87 Å². The molecule has 0 bridgehead atoms. The Bertz CT molecular complexity index is 1180. The molecule has 0 spiro atoms. The fourth-order valence-electron chi connectivity index (χ4n) is 2.73. The molecule has 27 heavy (non-hydrogen) atoms. The van der Waals surface area contributed by atoms with Gasteiger partial charge in [0.2, 0.25) is 10.0 Å². The Hall–Kier alpha value is -2.49. The SMILES string of the molecule is CNS(=O)(=O)c1cccc(C(=O)Nc2ccc3c(c2)sc(=O)n3C(C)C)c1. The van der Waals surface area contributed by atoms with Crippen LogP contribution in [0.5, 0.6) is 0 Å². The molecule has 1 heterocycles. The maximum absolute atomic E-state index is 12.5. The molecule has 2 aromatic carbocycles. The Morgan fingerprint density at radius 1 is 1.15 bits per heavy atom. The molecule has 0 unspecified atom stereocenters. The van der Waals surface area contributed by atoms with Crippen molar-refractivity contribution in [1.82, 2.24) is 9.29 Å². The minimum atomic E-state index is -3.63. The second kappa shape index (κ2) is 7.26. The summed E-state index contributed by atoms with van der Waals surface area (Å²) in [5.41, 5.74) is 1.58. The number of anilines is 1. The Kier molecular flexibility index (Phi) is 5.18. The van der Waals surface area contributed by atoms with E-state index < -0.39 is 15.9 Å². The van der Waals surface area contributed by atoms with Crippen molar-refractivity contribution in [3.05, 3.63) is 57.7 Å². The van der Waals surface area contributed by atoms with E-state index >= 15 is 0 Å². The summed E-state index contributed by atoms with van der Waals surface area (Å²) in [5.74, 6) is -0.432. The number of aromatic nitrogens is 1. The predicted octanol–water partition coefficient (Wildman–Crippen LogP) is 2.80. The first-order valence-electron chi connectivity index (χ1n) is 8.23. The van der Waals surface area contributed by atoms with E-state index in [-0.39, 0.29) is 21.4 Å². The van der Waals surface area contributed by atoms with Crippen LogP contribution in [0, 0.1) is 0 Å². The Labute approximate surface area is 160 Å². The van der Waals surface area contributed by atoms with Gasteiger partial charge in [-0.1, -0.05) is 17.4 Å².